The lowest BCUT2D eigenvalue weighted by Crippen LogP contribution is -2.42. The fourth-order valence-corrected chi connectivity index (χ4v) is 3.59. The van der Waals surface area contributed by atoms with Gasteiger partial charge in [0.1, 0.15) is 5.78 Å². The molecule has 132 valence electrons. The van der Waals surface area contributed by atoms with E-state index in [1.54, 1.807) is 11.0 Å². The zero-order chi connectivity index (χ0) is 17.7. The molecule has 0 radical (unpaired) electrons. The predicted molar refractivity (Wildman–Crippen MR) is 96.1 cm³/mol. The Morgan fingerprint density at radius 1 is 1.17 bits per heavy atom. The minimum atomic E-state index is -1.70. The molecule has 0 spiro atoms. The summed E-state index contributed by atoms with van der Waals surface area (Å²) in [6.45, 7) is 6.15. The van der Waals surface area contributed by atoms with Crippen LogP contribution in [-0.2, 0) is 15.2 Å². The predicted octanol–water partition coefficient (Wildman–Crippen LogP) is 3.87. The van der Waals surface area contributed by atoms with E-state index < -0.39 is 5.60 Å². The zero-order valence-corrected chi connectivity index (χ0v) is 15.1. The van der Waals surface area contributed by atoms with E-state index in [2.05, 4.69) is 6.92 Å². The van der Waals surface area contributed by atoms with Crippen LogP contribution in [0, 0.1) is 6.92 Å². The molecule has 1 aliphatic heterocycles. The number of carbonyl (C=O) groups is 2. The van der Waals surface area contributed by atoms with Crippen LogP contribution in [0.4, 0.5) is 5.69 Å². The number of unbranched alkanes of at least 4 members (excludes halogenated alkanes) is 5. The second-order valence-corrected chi connectivity index (χ2v) is 6.93. The lowest BCUT2D eigenvalue weighted by Gasteiger charge is -2.22. The highest BCUT2D eigenvalue weighted by atomic mass is 16.3. The summed E-state index contributed by atoms with van der Waals surface area (Å²) in [5.74, 6) is -0.532. The van der Waals surface area contributed by atoms with Gasteiger partial charge in [-0.15, -0.1) is 0 Å². The maximum absolute atomic E-state index is 12.9. The van der Waals surface area contributed by atoms with Crippen LogP contribution in [0.2, 0.25) is 0 Å². The first kappa shape index (κ1) is 18.7. The molecule has 1 N–H and O–H groups in total. The van der Waals surface area contributed by atoms with Crippen molar-refractivity contribution in [3.05, 3.63) is 29.3 Å². The third-order valence-electron chi connectivity index (χ3n) is 4.79. The van der Waals surface area contributed by atoms with Gasteiger partial charge >= 0.3 is 0 Å². The Morgan fingerprint density at radius 3 is 2.50 bits per heavy atom. The lowest BCUT2D eigenvalue weighted by molar-refractivity contribution is -0.141. The number of benzene rings is 1. The van der Waals surface area contributed by atoms with E-state index >= 15 is 0 Å². The van der Waals surface area contributed by atoms with Crippen LogP contribution in [0.1, 0.15) is 69.9 Å². The Bertz CT molecular complexity index is 611. The molecule has 1 amide bonds. The van der Waals surface area contributed by atoms with Crippen LogP contribution in [0.25, 0.3) is 0 Å². The molecule has 0 aromatic heterocycles. The standard InChI is InChI=1S/C20H29NO3/c1-4-5-6-7-8-9-13-21-18-15(2)11-10-12-17(18)20(24,19(21)23)14-16(3)22/h10-12,24H,4-9,13-14H2,1-3H3. The lowest BCUT2D eigenvalue weighted by atomic mass is 9.89. The van der Waals surface area contributed by atoms with Gasteiger partial charge in [-0.25, -0.2) is 0 Å². The molecule has 0 bridgehead atoms. The average Bonchev–Trinajstić information content (AvgIpc) is 2.73. The first-order chi connectivity index (χ1) is 11.4. The third kappa shape index (κ3) is 3.69. The molecule has 0 aliphatic carbocycles. The van der Waals surface area contributed by atoms with E-state index in [1.165, 1.54) is 32.6 Å². The van der Waals surface area contributed by atoms with Gasteiger partial charge < -0.3 is 10.0 Å². The summed E-state index contributed by atoms with van der Waals surface area (Å²) < 4.78 is 0. The van der Waals surface area contributed by atoms with Crippen LogP contribution in [0.5, 0.6) is 0 Å². The number of hydrogen-bond acceptors (Lipinski definition) is 3. The number of aliphatic hydroxyl groups is 1. The van der Waals surface area contributed by atoms with Crippen molar-refractivity contribution in [1.29, 1.82) is 0 Å². The summed E-state index contributed by atoms with van der Waals surface area (Å²) in [7, 11) is 0. The number of para-hydroxylation sites is 1. The van der Waals surface area contributed by atoms with E-state index in [-0.39, 0.29) is 18.1 Å². The van der Waals surface area contributed by atoms with Gasteiger partial charge in [0.15, 0.2) is 5.60 Å². The molecule has 1 atom stereocenters. The first-order valence-corrected chi connectivity index (χ1v) is 9.05. The van der Waals surface area contributed by atoms with E-state index in [9.17, 15) is 14.7 Å². The normalized spacial score (nSPS) is 19.7. The number of hydrogen-bond donors (Lipinski definition) is 1. The molecule has 4 nitrogen and oxygen atoms in total. The van der Waals surface area contributed by atoms with Crippen molar-refractivity contribution >= 4 is 17.4 Å². The molecular formula is C20H29NO3. The number of Topliss-reactive ketones (excluding diaryl/α,β-unsaturated/α-hetero) is 1. The fourth-order valence-electron chi connectivity index (χ4n) is 3.59. The fraction of sp³-hybridized carbons (Fsp3) is 0.600. The monoisotopic (exact) mass is 331 g/mol. The van der Waals surface area contributed by atoms with E-state index in [0.717, 1.165) is 24.1 Å². The van der Waals surface area contributed by atoms with Crippen molar-refractivity contribution in [2.45, 2.75) is 71.3 Å². The minimum Gasteiger partial charge on any atom is -0.375 e. The minimum absolute atomic E-state index is 0.157. The smallest absolute Gasteiger partial charge is 0.264 e. The number of fused-ring (bicyclic) bond motifs is 1. The van der Waals surface area contributed by atoms with Crippen molar-refractivity contribution < 1.29 is 14.7 Å². The van der Waals surface area contributed by atoms with Crippen molar-refractivity contribution in [3.63, 3.8) is 0 Å². The molecule has 1 aromatic rings. The van der Waals surface area contributed by atoms with Gasteiger partial charge in [-0.05, 0) is 25.8 Å². The highest BCUT2D eigenvalue weighted by molar-refractivity contribution is 6.09. The molecule has 2 rings (SSSR count). The number of carbonyl (C=O) groups excluding carboxylic acids is 2. The van der Waals surface area contributed by atoms with Gasteiger partial charge in [0, 0.05) is 18.5 Å². The van der Waals surface area contributed by atoms with Crippen LogP contribution in [-0.4, -0.2) is 23.3 Å². The van der Waals surface area contributed by atoms with Gasteiger partial charge in [-0.3, -0.25) is 9.59 Å². The number of amides is 1. The van der Waals surface area contributed by atoms with E-state index in [1.807, 2.05) is 19.1 Å². The van der Waals surface area contributed by atoms with Crippen LogP contribution in [0.15, 0.2) is 18.2 Å². The summed E-state index contributed by atoms with van der Waals surface area (Å²) in [5.41, 5.74) is 0.634. The molecule has 24 heavy (non-hydrogen) atoms. The average molecular weight is 331 g/mol. The Kier molecular flexibility index (Phi) is 6.16. The Morgan fingerprint density at radius 2 is 1.83 bits per heavy atom. The molecule has 1 heterocycles. The zero-order valence-electron chi connectivity index (χ0n) is 15.1. The van der Waals surface area contributed by atoms with Crippen LogP contribution in [0.3, 0.4) is 0 Å². The summed E-state index contributed by atoms with van der Waals surface area (Å²) in [5, 5.41) is 10.9. The number of nitrogens with zero attached hydrogens (tertiary/aromatic N) is 1. The Hall–Kier alpha value is -1.68. The maximum atomic E-state index is 12.9. The highest BCUT2D eigenvalue weighted by Gasteiger charge is 2.50. The van der Waals surface area contributed by atoms with E-state index in [4.69, 9.17) is 0 Å². The first-order valence-electron chi connectivity index (χ1n) is 9.05. The van der Waals surface area contributed by atoms with Crippen molar-refractivity contribution in [2.24, 2.45) is 0 Å². The SMILES string of the molecule is CCCCCCCCN1C(=O)C(O)(CC(C)=O)c2cccc(C)c21. The van der Waals surface area contributed by atoms with Gasteiger partial charge in [0.25, 0.3) is 5.91 Å². The summed E-state index contributed by atoms with van der Waals surface area (Å²) in [6, 6.07) is 5.55. The molecule has 1 unspecified atom stereocenters. The van der Waals surface area contributed by atoms with Crippen molar-refractivity contribution in [1.82, 2.24) is 0 Å². The van der Waals surface area contributed by atoms with Gasteiger partial charge in [0.05, 0.1) is 5.69 Å². The largest absolute Gasteiger partial charge is 0.375 e. The molecule has 1 aliphatic rings. The summed E-state index contributed by atoms with van der Waals surface area (Å²) in [6.07, 6.45) is 6.71. The molecule has 0 fully saturated rings. The third-order valence-corrected chi connectivity index (χ3v) is 4.79. The molecule has 0 saturated heterocycles. The van der Waals surface area contributed by atoms with Crippen LogP contribution >= 0.6 is 0 Å². The second-order valence-electron chi connectivity index (χ2n) is 6.93. The second kappa shape index (κ2) is 7.93. The van der Waals surface area contributed by atoms with Crippen molar-refractivity contribution in [3.8, 4) is 0 Å². The summed E-state index contributed by atoms with van der Waals surface area (Å²) in [4.78, 5) is 26.1. The number of ketones is 1. The molecule has 1 aromatic carbocycles. The number of anilines is 1. The highest BCUT2D eigenvalue weighted by Crippen LogP contribution is 2.44. The van der Waals surface area contributed by atoms with Gasteiger partial charge in [-0.2, -0.15) is 0 Å². The topological polar surface area (TPSA) is 57.6 Å². The number of rotatable bonds is 9. The molecular weight excluding hydrogens is 302 g/mol. The van der Waals surface area contributed by atoms with Gasteiger partial charge in [-0.1, -0.05) is 57.2 Å². The van der Waals surface area contributed by atoms with E-state index in [0.29, 0.717) is 12.1 Å². The van der Waals surface area contributed by atoms with Crippen molar-refractivity contribution in [2.75, 3.05) is 11.4 Å². The Balaban J connectivity index is 2.15. The Labute approximate surface area is 144 Å². The van der Waals surface area contributed by atoms with Gasteiger partial charge in [0.2, 0.25) is 0 Å². The summed E-state index contributed by atoms with van der Waals surface area (Å²) >= 11 is 0. The van der Waals surface area contributed by atoms with Crippen LogP contribution < -0.4 is 4.90 Å². The molecule has 0 saturated carbocycles. The maximum Gasteiger partial charge on any atom is 0.264 e. The number of aryl methyl sites for hydroxylation is 1. The quantitative estimate of drug-likeness (QED) is 0.699. The molecule has 4 heteroatoms.